The molecule has 0 saturated carbocycles. The molecule has 0 aromatic heterocycles. The van der Waals surface area contributed by atoms with Crippen molar-refractivity contribution in [3.8, 4) is 0 Å². The van der Waals surface area contributed by atoms with Crippen LogP contribution in [0.4, 0.5) is 0 Å². The standard InChI is InChI=1S/C11H12BrIO/c1-2-3-10(12)11(14)8-4-6-9(13)7-5-8/h4-7,10H,2-3H2,1H3. The molecule has 1 rings (SSSR count). The smallest absolute Gasteiger partial charge is 0.176 e. The maximum absolute atomic E-state index is 11.8. The molecule has 0 heterocycles. The first-order valence-corrected chi connectivity index (χ1v) is 6.58. The van der Waals surface area contributed by atoms with Crippen LogP contribution in [0.2, 0.25) is 0 Å². The zero-order valence-corrected chi connectivity index (χ0v) is 11.7. The summed E-state index contributed by atoms with van der Waals surface area (Å²) < 4.78 is 1.15. The van der Waals surface area contributed by atoms with Crippen LogP contribution in [0.3, 0.4) is 0 Å². The van der Waals surface area contributed by atoms with Crippen LogP contribution in [-0.4, -0.2) is 10.6 Å². The van der Waals surface area contributed by atoms with Crippen molar-refractivity contribution in [3.05, 3.63) is 33.4 Å². The van der Waals surface area contributed by atoms with Gasteiger partial charge in [0.1, 0.15) is 0 Å². The Labute approximate surface area is 107 Å². The molecule has 1 aromatic carbocycles. The number of benzene rings is 1. The molecule has 1 unspecified atom stereocenters. The van der Waals surface area contributed by atoms with Crippen molar-refractivity contribution in [2.45, 2.75) is 24.6 Å². The summed E-state index contributed by atoms with van der Waals surface area (Å²) >= 11 is 5.64. The summed E-state index contributed by atoms with van der Waals surface area (Å²) in [5.74, 6) is 0.184. The highest BCUT2D eigenvalue weighted by Gasteiger charge is 2.15. The number of hydrogen-bond acceptors (Lipinski definition) is 1. The zero-order valence-electron chi connectivity index (χ0n) is 7.97. The van der Waals surface area contributed by atoms with Crippen LogP contribution in [0.5, 0.6) is 0 Å². The van der Waals surface area contributed by atoms with Crippen molar-refractivity contribution in [1.82, 2.24) is 0 Å². The van der Waals surface area contributed by atoms with Crippen LogP contribution in [0.25, 0.3) is 0 Å². The van der Waals surface area contributed by atoms with Gasteiger partial charge in [0.15, 0.2) is 5.78 Å². The van der Waals surface area contributed by atoms with Crippen molar-refractivity contribution in [2.24, 2.45) is 0 Å². The molecule has 0 fully saturated rings. The molecule has 0 aliphatic carbocycles. The fourth-order valence-electron chi connectivity index (χ4n) is 1.18. The van der Waals surface area contributed by atoms with Crippen LogP contribution >= 0.6 is 38.5 Å². The Hall–Kier alpha value is 0.1000. The van der Waals surface area contributed by atoms with Crippen molar-refractivity contribution >= 4 is 44.3 Å². The fraction of sp³-hybridized carbons (Fsp3) is 0.364. The maximum atomic E-state index is 11.8. The molecule has 0 saturated heterocycles. The summed E-state index contributed by atoms with van der Waals surface area (Å²) in [6.45, 7) is 2.08. The third kappa shape index (κ3) is 3.35. The highest BCUT2D eigenvalue weighted by molar-refractivity contribution is 14.1. The second kappa shape index (κ2) is 5.85. The molecule has 0 bridgehead atoms. The van der Waals surface area contributed by atoms with Crippen molar-refractivity contribution in [2.75, 3.05) is 0 Å². The Morgan fingerprint density at radius 3 is 2.50 bits per heavy atom. The van der Waals surface area contributed by atoms with E-state index >= 15 is 0 Å². The third-order valence-electron chi connectivity index (χ3n) is 1.96. The lowest BCUT2D eigenvalue weighted by Gasteiger charge is -2.06. The molecular formula is C11H12BrIO. The van der Waals surface area contributed by atoms with E-state index in [0.29, 0.717) is 0 Å². The average Bonchev–Trinajstić information content (AvgIpc) is 2.18. The number of hydrogen-bond donors (Lipinski definition) is 0. The molecule has 1 atom stereocenters. The Bertz CT molecular complexity index is 308. The molecule has 0 spiro atoms. The van der Waals surface area contributed by atoms with Gasteiger partial charge in [-0.3, -0.25) is 4.79 Å². The van der Waals surface area contributed by atoms with Gasteiger partial charge in [-0.25, -0.2) is 0 Å². The maximum Gasteiger partial charge on any atom is 0.176 e. The van der Waals surface area contributed by atoms with Crippen LogP contribution < -0.4 is 0 Å². The normalized spacial score (nSPS) is 12.5. The van der Waals surface area contributed by atoms with Gasteiger partial charge in [-0.05, 0) is 41.1 Å². The molecule has 14 heavy (non-hydrogen) atoms. The molecule has 1 aromatic rings. The molecular weight excluding hydrogens is 355 g/mol. The van der Waals surface area contributed by atoms with Gasteiger partial charge >= 0.3 is 0 Å². The van der Waals surface area contributed by atoms with E-state index in [0.717, 1.165) is 22.0 Å². The van der Waals surface area contributed by atoms with Gasteiger partial charge in [0.05, 0.1) is 4.83 Å². The van der Waals surface area contributed by atoms with E-state index in [9.17, 15) is 4.79 Å². The molecule has 0 amide bonds. The van der Waals surface area contributed by atoms with Gasteiger partial charge in [0, 0.05) is 9.13 Å². The summed E-state index contributed by atoms with van der Waals surface area (Å²) in [5, 5.41) is 0. The number of Topliss-reactive ketones (excluding diaryl/α,β-unsaturated/α-hetero) is 1. The summed E-state index contributed by atoms with van der Waals surface area (Å²) in [6.07, 6.45) is 1.91. The topological polar surface area (TPSA) is 17.1 Å². The number of rotatable bonds is 4. The van der Waals surface area contributed by atoms with Gasteiger partial charge in [0.2, 0.25) is 0 Å². The predicted molar refractivity (Wildman–Crippen MR) is 71.1 cm³/mol. The number of ketones is 1. The van der Waals surface area contributed by atoms with Crippen molar-refractivity contribution < 1.29 is 4.79 Å². The molecule has 76 valence electrons. The van der Waals surface area contributed by atoms with E-state index in [1.165, 1.54) is 0 Å². The van der Waals surface area contributed by atoms with Crippen LogP contribution in [0, 0.1) is 3.57 Å². The van der Waals surface area contributed by atoms with E-state index in [4.69, 9.17) is 0 Å². The molecule has 0 aliphatic rings. The summed E-state index contributed by atoms with van der Waals surface area (Å²) in [4.78, 5) is 11.8. The summed E-state index contributed by atoms with van der Waals surface area (Å²) in [7, 11) is 0. The van der Waals surface area contributed by atoms with Crippen molar-refractivity contribution in [3.63, 3.8) is 0 Å². The minimum absolute atomic E-state index is 0.0347. The number of carbonyl (C=O) groups excluding carboxylic acids is 1. The van der Waals surface area contributed by atoms with Gasteiger partial charge < -0.3 is 0 Å². The zero-order chi connectivity index (χ0) is 10.6. The summed E-state index contributed by atoms with van der Waals surface area (Å²) in [5.41, 5.74) is 0.792. The van der Waals surface area contributed by atoms with Crippen LogP contribution in [0.1, 0.15) is 30.1 Å². The number of alkyl halides is 1. The van der Waals surface area contributed by atoms with E-state index in [1.807, 2.05) is 24.3 Å². The predicted octanol–water partition coefficient (Wildman–Crippen LogP) is 4.04. The SMILES string of the molecule is CCCC(Br)C(=O)c1ccc(I)cc1. The van der Waals surface area contributed by atoms with Crippen LogP contribution in [-0.2, 0) is 0 Å². The lowest BCUT2D eigenvalue weighted by molar-refractivity contribution is 0.0988. The van der Waals surface area contributed by atoms with Gasteiger partial charge in [-0.15, -0.1) is 0 Å². The molecule has 0 aliphatic heterocycles. The average molecular weight is 367 g/mol. The van der Waals surface area contributed by atoms with E-state index in [-0.39, 0.29) is 10.6 Å². The molecule has 0 N–H and O–H groups in total. The van der Waals surface area contributed by atoms with E-state index in [2.05, 4.69) is 45.4 Å². The lowest BCUT2D eigenvalue weighted by atomic mass is 10.1. The minimum atomic E-state index is -0.0347. The Morgan fingerprint density at radius 2 is 2.00 bits per heavy atom. The van der Waals surface area contributed by atoms with Crippen molar-refractivity contribution in [1.29, 1.82) is 0 Å². The first kappa shape index (κ1) is 12.2. The Morgan fingerprint density at radius 1 is 1.43 bits per heavy atom. The lowest BCUT2D eigenvalue weighted by Crippen LogP contribution is -2.13. The second-order valence-corrected chi connectivity index (χ2v) is 5.48. The third-order valence-corrected chi connectivity index (χ3v) is 3.55. The molecule has 1 nitrogen and oxygen atoms in total. The van der Waals surface area contributed by atoms with Gasteiger partial charge in [-0.1, -0.05) is 41.4 Å². The highest BCUT2D eigenvalue weighted by atomic mass is 127. The number of carbonyl (C=O) groups is 1. The largest absolute Gasteiger partial charge is 0.293 e. The first-order valence-electron chi connectivity index (χ1n) is 4.59. The Balaban J connectivity index is 2.74. The molecule has 0 radical (unpaired) electrons. The Kier molecular flexibility index (Phi) is 5.09. The minimum Gasteiger partial charge on any atom is -0.293 e. The first-order chi connectivity index (χ1) is 6.65. The van der Waals surface area contributed by atoms with E-state index in [1.54, 1.807) is 0 Å². The van der Waals surface area contributed by atoms with Gasteiger partial charge in [-0.2, -0.15) is 0 Å². The van der Waals surface area contributed by atoms with E-state index < -0.39 is 0 Å². The quantitative estimate of drug-likeness (QED) is 0.446. The second-order valence-electron chi connectivity index (χ2n) is 3.13. The monoisotopic (exact) mass is 366 g/mol. The number of halogens is 2. The van der Waals surface area contributed by atoms with Crippen LogP contribution in [0.15, 0.2) is 24.3 Å². The summed E-state index contributed by atoms with van der Waals surface area (Å²) in [6, 6.07) is 7.68. The fourth-order valence-corrected chi connectivity index (χ4v) is 2.26. The molecule has 3 heteroatoms. The van der Waals surface area contributed by atoms with Gasteiger partial charge in [0.25, 0.3) is 0 Å². The highest BCUT2D eigenvalue weighted by Crippen LogP contribution is 2.16.